The Bertz CT molecular complexity index is 251. The summed E-state index contributed by atoms with van der Waals surface area (Å²) in [5.41, 5.74) is 0. The van der Waals surface area contributed by atoms with E-state index in [2.05, 4.69) is 10.1 Å². The second-order valence-corrected chi connectivity index (χ2v) is 3.72. The van der Waals surface area contributed by atoms with E-state index in [0.29, 0.717) is 13.1 Å². The van der Waals surface area contributed by atoms with E-state index in [0.717, 1.165) is 6.42 Å². The highest BCUT2D eigenvalue weighted by atomic mass is 35.5. The van der Waals surface area contributed by atoms with Gasteiger partial charge in [0, 0.05) is 19.1 Å². The number of rotatable bonds is 4. The Balaban J connectivity index is 0.00000256. The van der Waals surface area contributed by atoms with Crippen LogP contribution in [0.4, 0.5) is 13.2 Å². The number of carbonyl (C=O) groups is 1. The van der Waals surface area contributed by atoms with Crippen molar-refractivity contribution in [3.63, 3.8) is 0 Å². The molecule has 102 valence electrons. The molecule has 1 atom stereocenters. The van der Waals surface area contributed by atoms with Gasteiger partial charge in [0.25, 0.3) is 0 Å². The average Bonchev–Trinajstić information content (AvgIpc) is 2.63. The number of halogens is 4. The molecule has 1 aliphatic heterocycles. The van der Waals surface area contributed by atoms with E-state index in [1.165, 1.54) is 4.90 Å². The minimum absolute atomic E-state index is 0. The number of ether oxygens (including phenoxy) is 1. The van der Waals surface area contributed by atoms with Gasteiger partial charge >= 0.3 is 6.18 Å². The first-order valence-electron chi connectivity index (χ1n) is 5.02. The molecule has 4 nitrogen and oxygen atoms in total. The standard InChI is InChI=1S/C9H15F3N2O2.ClH/c1-13-7-2-3-14(4-7)8(15)5-16-6-9(10,11)12;/h7,13H,2-6H2,1H3;1H. The van der Waals surface area contributed by atoms with Crippen LogP contribution in [0.3, 0.4) is 0 Å². The minimum atomic E-state index is -4.38. The molecule has 0 saturated carbocycles. The van der Waals surface area contributed by atoms with Crippen LogP contribution in [-0.2, 0) is 9.53 Å². The molecule has 0 radical (unpaired) electrons. The first kappa shape index (κ1) is 16.5. The third kappa shape index (κ3) is 6.09. The number of likely N-dealkylation sites (N-methyl/N-ethyl adjacent to an activating group) is 1. The van der Waals surface area contributed by atoms with Gasteiger partial charge < -0.3 is 15.0 Å². The van der Waals surface area contributed by atoms with Crippen molar-refractivity contribution in [3.8, 4) is 0 Å². The fourth-order valence-corrected chi connectivity index (χ4v) is 1.57. The van der Waals surface area contributed by atoms with E-state index in [1.54, 1.807) is 7.05 Å². The van der Waals surface area contributed by atoms with Gasteiger partial charge in [-0.2, -0.15) is 13.2 Å². The lowest BCUT2D eigenvalue weighted by atomic mass is 10.3. The largest absolute Gasteiger partial charge is 0.411 e. The van der Waals surface area contributed by atoms with Crippen LogP contribution in [0.15, 0.2) is 0 Å². The Labute approximate surface area is 104 Å². The van der Waals surface area contributed by atoms with Gasteiger partial charge in [-0.05, 0) is 13.5 Å². The molecule has 1 fully saturated rings. The molecule has 1 aliphatic rings. The highest BCUT2D eigenvalue weighted by Gasteiger charge is 2.29. The molecule has 0 bridgehead atoms. The number of nitrogens with one attached hydrogen (secondary N) is 1. The highest BCUT2D eigenvalue weighted by molar-refractivity contribution is 5.85. The molecular formula is C9H16ClF3N2O2. The summed E-state index contributed by atoms with van der Waals surface area (Å²) in [5, 5.41) is 3.01. The van der Waals surface area contributed by atoms with Gasteiger partial charge in [0.2, 0.25) is 5.91 Å². The fraction of sp³-hybridized carbons (Fsp3) is 0.889. The number of amides is 1. The summed E-state index contributed by atoms with van der Waals surface area (Å²) in [6.07, 6.45) is -3.56. The normalized spacial score (nSPS) is 20.2. The summed E-state index contributed by atoms with van der Waals surface area (Å²) >= 11 is 0. The second kappa shape index (κ2) is 7.03. The number of likely N-dealkylation sites (tertiary alicyclic amines) is 1. The summed E-state index contributed by atoms with van der Waals surface area (Å²) < 4.78 is 39.5. The lowest BCUT2D eigenvalue weighted by molar-refractivity contribution is -0.177. The van der Waals surface area contributed by atoms with Gasteiger partial charge in [-0.3, -0.25) is 4.79 Å². The average molecular weight is 277 g/mol. The van der Waals surface area contributed by atoms with Crippen molar-refractivity contribution < 1.29 is 22.7 Å². The van der Waals surface area contributed by atoms with Crippen LogP contribution >= 0.6 is 12.4 Å². The Kier molecular flexibility index (Phi) is 6.81. The van der Waals surface area contributed by atoms with Gasteiger partial charge in [-0.1, -0.05) is 0 Å². The van der Waals surface area contributed by atoms with E-state index in [-0.39, 0.29) is 24.4 Å². The van der Waals surface area contributed by atoms with E-state index >= 15 is 0 Å². The first-order valence-corrected chi connectivity index (χ1v) is 5.02. The van der Waals surface area contributed by atoms with Crippen LogP contribution < -0.4 is 5.32 Å². The molecule has 17 heavy (non-hydrogen) atoms. The van der Waals surface area contributed by atoms with Crippen LogP contribution in [0.5, 0.6) is 0 Å². The zero-order valence-corrected chi connectivity index (χ0v) is 10.2. The molecule has 1 unspecified atom stereocenters. The van der Waals surface area contributed by atoms with Crippen molar-refractivity contribution in [2.45, 2.75) is 18.6 Å². The summed E-state index contributed by atoms with van der Waals surface area (Å²) in [7, 11) is 1.79. The SMILES string of the molecule is CNC1CCN(C(=O)COCC(F)(F)F)C1.Cl. The van der Waals surface area contributed by atoms with Gasteiger partial charge in [0.1, 0.15) is 13.2 Å². The summed E-state index contributed by atoms with van der Waals surface area (Å²) in [5.74, 6) is -0.387. The van der Waals surface area contributed by atoms with Crippen LogP contribution in [0, 0.1) is 0 Å². The zero-order valence-electron chi connectivity index (χ0n) is 9.42. The molecule has 1 saturated heterocycles. The molecule has 1 heterocycles. The van der Waals surface area contributed by atoms with Crippen molar-refractivity contribution in [3.05, 3.63) is 0 Å². The molecule has 1 rings (SSSR count). The first-order chi connectivity index (χ1) is 7.42. The maximum atomic E-state index is 11.7. The molecule has 0 spiro atoms. The number of hydrogen-bond donors (Lipinski definition) is 1. The van der Waals surface area contributed by atoms with E-state index in [4.69, 9.17) is 0 Å². The lowest BCUT2D eigenvalue weighted by Gasteiger charge is -2.16. The third-order valence-electron chi connectivity index (χ3n) is 2.44. The zero-order chi connectivity index (χ0) is 12.2. The Morgan fingerprint density at radius 3 is 2.65 bits per heavy atom. The van der Waals surface area contributed by atoms with Crippen LogP contribution in [0.25, 0.3) is 0 Å². The maximum Gasteiger partial charge on any atom is 0.411 e. The summed E-state index contributed by atoms with van der Waals surface area (Å²) in [4.78, 5) is 12.9. The van der Waals surface area contributed by atoms with Gasteiger partial charge in [0.05, 0.1) is 0 Å². The molecule has 0 aromatic rings. The Morgan fingerprint density at radius 2 is 2.18 bits per heavy atom. The van der Waals surface area contributed by atoms with Gasteiger partial charge in [-0.15, -0.1) is 12.4 Å². The smallest absolute Gasteiger partial charge is 0.362 e. The van der Waals surface area contributed by atoms with E-state index in [1.807, 2.05) is 0 Å². The van der Waals surface area contributed by atoms with Gasteiger partial charge in [0.15, 0.2) is 0 Å². The lowest BCUT2D eigenvalue weighted by Crippen LogP contribution is -2.36. The number of hydrogen-bond acceptors (Lipinski definition) is 3. The molecular weight excluding hydrogens is 261 g/mol. The van der Waals surface area contributed by atoms with Crippen LogP contribution in [-0.4, -0.2) is 56.4 Å². The maximum absolute atomic E-state index is 11.7. The van der Waals surface area contributed by atoms with Crippen LogP contribution in [0.2, 0.25) is 0 Å². The molecule has 1 N–H and O–H groups in total. The highest BCUT2D eigenvalue weighted by Crippen LogP contribution is 2.15. The Hall–Kier alpha value is -0.530. The van der Waals surface area contributed by atoms with Crippen molar-refractivity contribution >= 4 is 18.3 Å². The van der Waals surface area contributed by atoms with Crippen molar-refractivity contribution in [2.24, 2.45) is 0 Å². The van der Waals surface area contributed by atoms with E-state index < -0.39 is 19.4 Å². The topological polar surface area (TPSA) is 41.6 Å². The quantitative estimate of drug-likeness (QED) is 0.826. The van der Waals surface area contributed by atoms with Crippen molar-refractivity contribution in [1.29, 1.82) is 0 Å². The molecule has 0 aliphatic carbocycles. The Morgan fingerprint density at radius 1 is 1.53 bits per heavy atom. The number of alkyl halides is 3. The number of carbonyl (C=O) groups excluding carboxylic acids is 1. The second-order valence-electron chi connectivity index (χ2n) is 3.72. The van der Waals surface area contributed by atoms with Gasteiger partial charge in [-0.25, -0.2) is 0 Å². The summed E-state index contributed by atoms with van der Waals surface area (Å²) in [6.45, 7) is -0.775. The summed E-state index contributed by atoms with van der Waals surface area (Å²) in [6, 6.07) is 0.228. The molecule has 0 aromatic carbocycles. The van der Waals surface area contributed by atoms with Crippen molar-refractivity contribution in [2.75, 3.05) is 33.4 Å². The third-order valence-corrected chi connectivity index (χ3v) is 2.44. The van der Waals surface area contributed by atoms with Crippen molar-refractivity contribution in [1.82, 2.24) is 10.2 Å². The number of nitrogens with zero attached hydrogens (tertiary/aromatic N) is 1. The van der Waals surface area contributed by atoms with Crippen LogP contribution in [0.1, 0.15) is 6.42 Å². The monoisotopic (exact) mass is 276 g/mol. The molecule has 1 amide bonds. The minimum Gasteiger partial charge on any atom is -0.362 e. The predicted octanol–water partition coefficient (Wildman–Crippen LogP) is 0.807. The molecule has 8 heteroatoms. The fourth-order valence-electron chi connectivity index (χ4n) is 1.57. The molecule has 0 aromatic heterocycles. The predicted molar refractivity (Wildman–Crippen MR) is 58.2 cm³/mol. The van der Waals surface area contributed by atoms with E-state index in [9.17, 15) is 18.0 Å².